The van der Waals surface area contributed by atoms with Crippen LogP contribution in [0.2, 0.25) is 0 Å². The van der Waals surface area contributed by atoms with Crippen molar-refractivity contribution in [3.63, 3.8) is 0 Å². The number of halogens is 4. The van der Waals surface area contributed by atoms with E-state index in [1.807, 2.05) is 6.07 Å². The fourth-order valence-electron chi connectivity index (χ4n) is 1.89. The Balaban J connectivity index is 1.89. The highest BCUT2D eigenvalue weighted by atomic mass is 19.4. The summed E-state index contributed by atoms with van der Waals surface area (Å²) in [6.45, 7) is 0. The summed E-state index contributed by atoms with van der Waals surface area (Å²) in [6, 6.07) is 5.35. The van der Waals surface area contributed by atoms with Crippen LogP contribution in [0, 0.1) is 17.1 Å². The van der Waals surface area contributed by atoms with E-state index in [0.717, 1.165) is 18.3 Å². The first kappa shape index (κ1) is 16.3. The molecule has 3 aromatic rings. The van der Waals surface area contributed by atoms with Gasteiger partial charge < -0.3 is 4.74 Å². The number of aromatic amines is 1. The Kier molecular flexibility index (Phi) is 4.02. The number of nitrogens with one attached hydrogen (secondary N) is 1. The van der Waals surface area contributed by atoms with Crippen molar-refractivity contribution in [1.29, 1.82) is 5.26 Å². The van der Waals surface area contributed by atoms with Gasteiger partial charge in [0.25, 0.3) is 0 Å². The summed E-state index contributed by atoms with van der Waals surface area (Å²) in [5.74, 6) is -1.28. The monoisotopic (exact) mass is 350 g/mol. The van der Waals surface area contributed by atoms with Gasteiger partial charge in [-0.15, -0.1) is 5.10 Å². The Morgan fingerprint density at radius 3 is 2.68 bits per heavy atom. The van der Waals surface area contributed by atoms with Crippen molar-refractivity contribution in [2.75, 3.05) is 0 Å². The zero-order chi connectivity index (χ0) is 18.0. The van der Waals surface area contributed by atoms with E-state index in [2.05, 4.69) is 25.4 Å². The largest absolute Gasteiger partial charge is 0.433 e. The number of ether oxygens (including phenoxy) is 1. The van der Waals surface area contributed by atoms with Gasteiger partial charge in [-0.1, -0.05) is 5.21 Å². The predicted molar refractivity (Wildman–Crippen MR) is 73.6 cm³/mol. The van der Waals surface area contributed by atoms with Crippen molar-refractivity contribution < 1.29 is 22.3 Å². The zero-order valence-corrected chi connectivity index (χ0v) is 12.0. The highest BCUT2D eigenvalue weighted by molar-refractivity contribution is 5.65. The molecule has 0 aliphatic heterocycles. The maximum absolute atomic E-state index is 14.2. The second-order valence-electron chi connectivity index (χ2n) is 4.62. The molecule has 0 radical (unpaired) electrons. The van der Waals surface area contributed by atoms with E-state index < -0.39 is 23.7 Å². The molecule has 2 aromatic heterocycles. The summed E-state index contributed by atoms with van der Waals surface area (Å²) in [4.78, 5) is 6.70. The number of nitriles is 1. The van der Waals surface area contributed by atoms with Crippen molar-refractivity contribution >= 4 is 0 Å². The summed E-state index contributed by atoms with van der Waals surface area (Å²) < 4.78 is 56.9. The first-order chi connectivity index (χ1) is 11.9. The molecule has 0 atom stereocenters. The molecule has 1 aromatic carbocycles. The highest BCUT2D eigenvalue weighted by Crippen LogP contribution is 2.30. The molecule has 11 heteroatoms. The number of rotatable bonds is 3. The van der Waals surface area contributed by atoms with Gasteiger partial charge in [0.1, 0.15) is 11.8 Å². The van der Waals surface area contributed by atoms with E-state index in [0.29, 0.717) is 6.07 Å². The minimum atomic E-state index is -4.68. The third kappa shape index (κ3) is 3.37. The summed E-state index contributed by atoms with van der Waals surface area (Å²) in [5.41, 5.74) is -0.812. The number of aromatic nitrogens is 5. The van der Waals surface area contributed by atoms with E-state index in [1.165, 1.54) is 6.07 Å². The highest BCUT2D eigenvalue weighted by Gasteiger charge is 2.33. The van der Waals surface area contributed by atoms with Crippen LogP contribution in [-0.2, 0) is 6.18 Å². The van der Waals surface area contributed by atoms with E-state index in [1.54, 1.807) is 0 Å². The number of hydrogen-bond acceptors (Lipinski definition) is 6. The lowest BCUT2D eigenvalue weighted by molar-refractivity contribution is -0.141. The van der Waals surface area contributed by atoms with Crippen LogP contribution in [0.4, 0.5) is 17.6 Å². The van der Waals surface area contributed by atoms with Crippen LogP contribution in [0.1, 0.15) is 11.4 Å². The molecule has 7 nitrogen and oxygen atoms in total. The van der Waals surface area contributed by atoms with Gasteiger partial charge in [-0.3, -0.25) is 0 Å². The Labute approximate surface area is 136 Å². The van der Waals surface area contributed by atoms with Gasteiger partial charge in [-0.25, -0.2) is 14.5 Å². The zero-order valence-electron chi connectivity index (χ0n) is 12.0. The van der Waals surface area contributed by atoms with Crippen molar-refractivity contribution in [1.82, 2.24) is 25.4 Å². The quantitative estimate of drug-likeness (QED) is 0.729. The minimum absolute atomic E-state index is 0.0364. The van der Waals surface area contributed by atoms with Crippen molar-refractivity contribution in [2.24, 2.45) is 0 Å². The molecule has 0 aliphatic carbocycles. The lowest BCUT2D eigenvalue weighted by Crippen LogP contribution is -2.09. The molecular formula is C14H6F4N6O. The molecule has 2 heterocycles. The topological polar surface area (TPSA) is 100 Å². The molecule has 126 valence electrons. The second-order valence-corrected chi connectivity index (χ2v) is 4.62. The molecule has 0 saturated heterocycles. The summed E-state index contributed by atoms with van der Waals surface area (Å²) in [6.07, 6.45) is -3.82. The first-order valence-corrected chi connectivity index (χ1v) is 6.57. The molecule has 1 N–H and O–H groups in total. The molecule has 0 fully saturated rings. The Morgan fingerprint density at radius 1 is 1.20 bits per heavy atom. The fourth-order valence-corrected chi connectivity index (χ4v) is 1.89. The van der Waals surface area contributed by atoms with Crippen LogP contribution >= 0.6 is 0 Å². The van der Waals surface area contributed by atoms with Crippen LogP contribution < -0.4 is 4.74 Å². The summed E-state index contributed by atoms with van der Waals surface area (Å²) in [5, 5.41) is 18.3. The number of alkyl halides is 3. The fraction of sp³-hybridized carbons (Fsp3) is 0.0714. The van der Waals surface area contributed by atoms with Crippen LogP contribution in [0.15, 0.2) is 30.5 Å². The predicted octanol–water partition coefficient (Wildman–Crippen LogP) is 3.08. The van der Waals surface area contributed by atoms with E-state index in [-0.39, 0.29) is 22.7 Å². The van der Waals surface area contributed by atoms with Gasteiger partial charge in [-0.05, 0) is 24.3 Å². The standard InChI is InChI=1S/C14H6F4N6O/c15-8-5-7(12-9(6-19)22-24-23-12)1-2-10(8)25-13-20-4-3-11(21-13)14(16,17)18/h1-5H,(H,22,23,24). The van der Waals surface area contributed by atoms with E-state index >= 15 is 0 Å². The van der Waals surface area contributed by atoms with Gasteiger partial charge in [0, 0.05) is 11.8 Å². The van der Waals surface area contributed by atoms with Crippen LogP contribution in [0.3, 0.4) is 0 Å². The average molecular weight is 350 g/mol. The smallest absolute Gasteiger partial charge is 0.421 e. The van der Waals surface area contributed by atoms with E-state index in [4.69, 9.17) is 10.00 Å². The number of benzene rings is 1. The van der Waals surface area contributed by atoms with Gasteiger partial charge in [0.05, 0.1) is 0 Å². The van der Waals surface area contributed by atoms with Gasteiger partial charge in [-0.2, -0.15) is 23.4 Å². The molecule has 0 amide bonds. The van der Waals surface area contributed by atoms with Crippen LogP contribution in [-0.4, -0.2) is 25.4 Å². The molecule has 0 unspecified atom stereocenters. The third-order valence-corrected chi connectivity index (χ3v) is 2.99. The van der Waals surface area contributed by atoms with Crippen LogP contribution in [0.5, 0.6) is 11.8 Å². The summed E-state index contributed by atoms with van der Waals surface area (Å²) in [7, 11) is 0. The Hall–Kier alpha value is -3.55. The molecule has 0 aliphatic rings. The molecular weight excluding hydrogens is 344 g/mol. The van der Waals surface area contributed by atoms with Crippen LogP contribution in [0.25, 0.3) is 11.3 Å². The molecule has 0 spiro atoms. The normalized spacial score (nSPS) is 11.2. The molecule has 0 bridgehead atoms. The minimum Gasteiger partial charge on any atom is -0.421 e. The maximum Gasteiger partial charge on any atom is 0.433 e. The van der Waals surface area contributed by atoms with Crippen molar-refractivity contribution in [3.05, 3.63) is 47.7 Å². The lowest BCUT2D eigenvalue weighted by Gasteiger charge is -2.09. The van der Waals surface area contributed by atoms with Crippen molar-refractivity contribution in [2.45, 2.75) is 6.18 Å². The molecule has 25 heavy (non-hydrogen) atoms. The Bertz CT molecular complexity index is 962. The second kappa shape index (κ2) is 6.16. The molecule has 0 saturated carbocycles. The van der Waals surface area contributed by atoms with Gasteiger partial charge in [0.15, 0.2) is 23.0 Å². The SMILES string of the molecule is N#Cc1[nH]nnc1-c1ccc(Oc2nccc(C(F)(F)F)n2)c(F)c1. The molecule has 3 rings (SSSR count). The van der Waals surface area contributed by atoms with E-state index in [9.17, 15) is 17.6 Å². The third-order valence-electron chi connectivity index (χ3n) is 2.99. The number of nitrogens with zero attached hydrogens (tertiary/aromatic N) is 5. The first-order valence-electron chi connectivity index (χ1n) is 6.57. The number of H-pyrrole nitrogens is 1. The van der Waals surface area contributed by atoms with Gasteiger partial charge >= 0.3 is 12.2 Å². The maximum atomic E-state index is 14.2. The van der Waals surface area contributed by atoms with Crippen molar-refractivity contribution in [3.8, 4) is 29.1 Å². The number of hydrogen-bond donors (Lipinski definition) is 1. The summed E-state index contributed by atoms with van der Waals surface area (Å²) >= 11 is 0. The lowest BCUT2D eigenvalue weighted by atomic mass is 10.1. The average Bonchev–Trinajstić information content (AvgIpc) is 3.05. The Morgan fingerprint density at radius 2 is 2.00 bits per heavy atom. The van der Waals surface area contributed by atoms with Gasteiger partial charge in [0.2, 0.25) is 0 Å².